The lowest BCUT2D eigenvalue weighted by molar-refractivity contribution is 0.472. The summed E-state index contributed by atoms with van der Waals surface area (Å²) in [5.74, 6) is 0. The zero-order valence-electron chi connectivity index (χ0n) is 7.76. The lowest BCUT2D eigenvalue weighted by Crippen LogP contribution is -2.29. The molecule has 0 saturated carbocycles. The second-order valence-corrected chi connectivity index (χ2v) is 2.81. The molecule has 4 heteroatoms. The van der Waals surface area contributed by atoms with Crippen LogP contribution in [0.15, 0.2) is 31.4 Å². The first-order chi connectivity index (χ1) is 5.79. The molecule has 1 aromatic heterocycles. The smallest absolute Gasteiger partial charge is 0.0952 e. The van der Waals surface area contributed by atoms with E-state index in [1.54, 1.807) is 12.5 Å². The molecule has 2 atom stereocenters. The average Bonchev–Trinajstić information content (AvgIpc) is 2.58. The van der Waals surface area contributed by atoms with Gasteiger partial charge in [0.1, 0.15) is 0 Å². The molecule has 1 aromatic rings. The maximum absolute atomic E-state index is 5.90. The highest BCUT2D eigenvalue weighted by Gasteiger charge is 2.12. The topological polar surface area (TPSA) is 43.8 Å². The second kappa shape index (κ2) is 5.94. The summed E-state index contributed by atoms with van der Waals surface area (Å²) < 4.78 is 1.97. The quantitative estimate of drug-likeness (QED) is 0.825. The molecule has 74 valence electrons. The van der Waals surface area contributed by atoms with E-state index in [2.05, 4.69) is 18.5 Å². The first-order valence-electron chi connectivity index (χ1n) is 4.15. The Hall–Kier alpha value is -0.610. The molecule has 0 amide bonds. The summed E-state index contributed by atoms with van der Waals surface area (Å²) >= 11 is 0. The Labute approximate surface area is 89.4 Å². The van der Waals surface area contributed by atoms with Crippen LogP contribution in [0.25, 0.3) is 0 Å². The van der Waals surface area contributed by atoms with Gasteiger partial charge in [0.15, 0.2) is 0 Å². The summed E-state index contributed by atoms with van der Waals surface area (Å²) in [6, 6.07) is 0.286. The molecule has 13 heavy (non-hydrogen) atoms. The number of halogens is 1. The van der Waals surface area contributed by atoms with Crippen molar-refractivity contribution in [2.75, 3.05) is 0 Å². The highest BCUT2D eigenvalue weighted by molar-refractivity contribution is 8.93. The Morgan fingerprint density at radius 2 is 2.38 bits per heavy atom. The molecular weight excluding hydrogens is 230 g/mol. The number of nitrogens with zero attached hydrogens (tertiary/aromatic N) is 2. The fraction of sp³-hybridized carbons (Fsp3) is 0.444. The summed E-state index contributed by atoms with van der Waals surface area (Å²) in [7, 11) is 0. The van der Waals surface area contributed by atoms with Crippen LogP contribution in [0, 0.1) is 0 Å². The minimum Gasteiger partial charge on any atom is -0.329 e. The van der Waals surface area contributed by atoms with Crippen molar-refractivity contribution in [2.24, 2.45) is 5.73 Å². The fourth-order valence-electron chi connectivity index (χ4n) is 1.20. The second-order valence-electron chi connectivity index (χ2n) is 2.81. The highest BCUT2D eigenvalue weighted by atomic mass is 79.9. The van der Waals surface area contributed by atoms with Crippen LogP contribution in [-0.2, 0) is 0 Å². The summed E-state index contributed by atoms with van der Waals surface area (Å²) in [6.07, 6.45) is 8.22. The largest absolute Gasteiger partial charge is 0.329 e. The maximum Gasteiger partial charge on any atom is 0.0952 e. The Morgan fingerprint density at radius 3 is 2.77 bits per heavy atom. The van der Waals surface area contributed by atoms with E-state index in [1.807, 2.05) is 16.8 Å². The molecule has 2 unspecified atom stereocenters. The van der Waals surface area contributed by atoms with E-state index in [0.29, 0.717) is 0 Å². The standard InChI is InChI=1S/C9H15N3.BrH/c1-3-8(10)9(4-2)12-6-5-11-7-12;/h4-9H,2-3,10H2,1H3;1H. The van der Waals surface area contributed by atoms with Gasteiger partial charge in [0.05, 0.1) is 12.4 Å². The normalized spacial score (nSPS) is 14.3. The summed E-state index contributed by atoms with van der Waals surface area (Å²) in [5.41, 5.74) is 5.90. The van der Waals surface area contributed by atoms with Crippen LogP contribution in [0.1, 0.15) is 19.4 Å². The average molecular weight is 246 g/mol. The Kier molecular flexibility index (Phi) is 5.66. The zero-order valence-corrected chi connectivity index (χ0v) is 9.47. The molecule has 0 aliphatic heterocycles. The molecule has 0 spiro atoms. The Balaban J connectivity index is 0.00000144. The van der Waals surface area contributed by atoms with Crippen molar-refractivity contribution in [3.63, 3.8) is 0 Å². The molecule has 0 bridgehead atoms. The van der Waals surface area contributed by atoms with Gasteiger partial charge in [0.2, 0.25) is 0 Å². The van der Waals surface area contributed by atoms with Crippen molar-refractivity contribution >= 4 is 17.0 Å². The maximum atomic E-state index is 5.90. The van der Waals surface area contributed by atoms with Crippen molar-refractivity contribution in [3.8, 4) is 0 Å². The summed E-state index contributed by atoms with van der Waals surface area (Å²) in [6.45, 7) is 5.82. The predicted octanol–water partition coefficient (Wildman–Crippen LogP) is 1.93. The molecule has 0 aliphatic rings. The minimum atomic E-state index is 0. The number of imidazole rings is 1. The van der Waals surface area contributed by atoms with Crippen molar-refractivity contribution < 1.29 is 0 Å². The van der Waals surface area contributed by atoms with Crippen LogP contribution in [0.5, 0.6) is 0 Å². The van der Waals surface area contributed by atoms with Gasteiger partial charge in [-0.05, 0) is 6.42 Å². The lowest BCUT2D eigenvalue weighted by Gasteiger charge is -2.20. The number of aromatic nitrogens is 2. The van der Waals surface area contributed by atoms with E-state index >= 15 is 0 Å². The van der Waals surface area contributed by atoms with E-state index in [9.17, 15) is 0 Å². The zero-order chi connectivity index (χ0) is 8.97. The highest BCUT2D eigenvalue weighted by Crippen LogP contribution is 2.12. The van der Waals surface area contributed by atoms with Crippen molar-refractivity contribution in [2.45, 2.75) is 25.4 Å². The molecular formula is C9H16BrN3. The molecule has 1 heterocycles. The number of nitrogens with two attached hydrogens (primary N) is 1. The van der Waals surface area contributed by atoms with Crippen LogP contribution >= 0.6 is 17.0 Å². The van der Waals surface area contributed by atoms with Crippen LogP contribution < -0.4 is 5.73 Å². The van der Waals surface area contributed by atoms with Crippen LogP contribution in [0.3, 0.4) is 0 Å². The van der Waals surface area contributed by atoms with Gasteiger partial charge in [-0.3, -0.25) is 0 Å². The minimum absolute atomic E-state index is 0. The third-order valence-corrected chi connectivity index (χ3v) is 2.02. The molecule has 1 rings (SSSR count). The number of hydrogen-bond donors (Lipinski definition) is 1. The first-order valence-corrected chi connectivity index (χ1v) is 4.15. The molecule has 0 aromatic carbocycles. The Morgan fingerprint density at radius 1 is 1.69 bits per heavy atom. The van der Waals surface area contributed by atoms with Crippen molar-refractivity contribution in [3.05, 3.63) is 31.4 Å². The van der Waals surface area contributed by atoms with E-state index in [4.69, 9.17) is 5.73 Å². The van der Waals surface area contributed by atoms with Gasteiger partial charge in [-0.15, -0.1) is 23.6 Å². The fourth-order valence-corrected chi connectivity index (χ4v) is 1.20. The van der Waals surface area contributed by atoms with E-state index < -0.39 is 0 Å². The van der Waals surface area contributed by atoms with Crippen molar-refractivity contribution in [1.82, 2.24) is 9.55 Å². The lowest BCUT2D eigenvalue weighted by atomic mass is 10.1. The molecule has 3 nitrogen and oxygen atoms in total. The van der Waals surface area contributed by atoms with E-state index in [-0.39, 0.29) is 29.1 Å². The third kappa shape index (κ3) is 2.97. The van der Waals surface area contributed by atoms with Gasteiger partial charge < -0.3 is 10.3 Å². The molecule has 0 fully saturated rings. The summed E-state index contributed by atoms with van der Waals surface area (Å²) in [5, 5.41) is 0. The van der Waals surface area contributed by atoms with Crippen LogP contribution in [0.4, 0.5) is 0 Å². The monoisotopic (exact) mass is 245 g/mol. The Bertz CT molecular complexity index is 233. The van der Waals surface area contributed by atoms with Gasteiger partial charge >= 0.3 is 0 Å². The molecule has 0 saturated heterocycles. The first kappa shape index (κ1) is 12.4. The SMILES string of the molecule is Br.C=CC(C(N)CC)n1ccnc1. The van der Waals surface area contributed by atoms with E-state index in [1.165, 1.54) is 0 Å². The van der Waals surface area contributed by atoms with Gasteiger partial charge in [-0.25, -0.2) is 4.98 Å². The molecule has 2 N–H and O–H groups in total. The number of rotatable bonds is 4. The van der Waals surface area contributed by atoms with Crippen molar-refractivity contribution in [1.29, 1.82) is 0 Å². The predicted molar refractivity (Wildman–Crippen MR) is 60.0 cm³/mol. The van der Waals surface area contributed by atoms with Gasteiger partial charge in [0, 0.05) is 18.4 Å². The third-order valence-electron chi connectivity index (χ3n) is 2.02. The van der Waals surface area contributed by atoms with Crippen LogP contribution in [0.2, 0.25) is 0 Å². The van der Waals surface area contributed by atoms with Gasteiger partial charge in [-0.1, -0.05) is 13.0 Å². The molecule has 0 radical (unpaired) electrons. The molecule has 0 aliphatic carbocycles. The van der Waals surface area contributed by atoms with Gasteiger partial charge in [-0.2, -0.15) is 0 Å². The van der Waals surface area contributed by atoms with Gasteiger partial charge in [0.25, 0.3) is 0 Å². The van der Waals surface area contributed by atoms with Crippen LogP contribution in [-0.4, -0.2) is 15.6 Å². The van der Waals surface area contributed by atoms with E-state index in [0.717, 1.165) is 6.42 Å². The summed E-state index contributed by atoms with van der Waals surface area (Å²) in [4.78, 5) is 3.97. The number of hydrogen-bond acceptors (Lipinski definition) is 2.